The fourth-order valence-corrected chi connectivity index (χ4v) is 2.16. The second-order valence-corrected chi connectivity index (χ2v) is 4.82. The maximum atomic E-state index is 12.9. The lowest BCUT2D eigenvalue weighted by Crippen LogP contribution is -2.08. The van der Waals surface area contributed by atoms with Crippen molar-refractivity contribution >= 4 is 5.69 Å². The molecule has 0 spiro atoms. The molecule has 0 aliphatic carbocycles. The van der Waals surface area contributed by atoms with Crippen molar-refractivity contribution < 1.29 is 4.39 Å². The van der Waals surface area contributed by atoms with Gasteiger partial charge in [-0.25, -0.2) is 4.39 Å². The fourth-order valence-electron chi connectivity index (χ4n) is 2.16. The number of anilines is 1. The Kier molecular flexibility index (Phi) is 3.64. The number of nitrogens with zero attached hydrogens (tertiary/aromatic N) is 2. The molecule has 1 unspecified atom stereocenters. The Bertz CT molecular complexity index is 707. The van der Waals surface area contributed by atoms with Crippen molar-refractivity contribution in [1.82, 2.24) is 15.2 Å². The number of nitrogens with one attached hydrogen (secondary N) is 2. The van der Waals surface area contributed by atoms with E-state index in [0.717, 1.165) is 22.6 Å². The summed E-state index contributed by atoms with van der Waals surface area (Å²) in [6.45, 7) is 1.99. The summed E-state index contributed by atoms with van der Waals surface area (Å²) in [4.78, 5) is 4.09. The monoisotopic (exact) mass is 282 g/mol. The predicted molar refractivity (Wildman–Crippen MR) is 80.3 cm³/mol. The number of hydrogen-bond donors (Lipinski definition) is 2. The molecule has 2 N–H and O–H groups in total. The van der Waals surface area contributed by atoms with Crippen LogP contribution >= 0.6 is 0 Å². The first-order valence-electron chi connectivity index (χ1n) is 6.70. The summed E-state index contributed by atoms with van der Waals surface area (Å²) in [6.07, 6.45) is 2.95. The number of halogens is 1. The molecule has 21 heavy (non-hydrogen) atoms. The van der Waals surface area contributed by atoms with Crippen LogP contribution < -0.4 is 5.32 Å². The smallest absolute Gasteiger partial charge is 0.141 e. The van der Waals surface area contributed by atoms with Gasteiger partial charge in [-0.05, 0) is 37.3 Å². The lowest BCUT2D eigenvalue weighted by Gasteiger charge is -2.15. The normalized spacial score (nSPS) is 12.1. The molecule has 2 heterocycles. The van der Waals surface area contributed by atoms with Gasteiger partial charge in [0.25, 0.3) is 0 Å². The van der Waals surface area contributed by atoms with Crippen LogP contribution in [-0.4, -0.2) is 15.2 Å². The standard InChI is InChI=1S/C16H15FN4/c1-11(15-6-5-13(17)10-18-15)20-14-4-2-3-12(9-14)16-7-8-19-21-16/h2-11,20H,1H3,(H,19,21). The lowest BCUT2D eigenvalue weighted by atomic mass is 10.1. The van der Waals surface area contributed by atoms with Crippen molar-refractivity contribution in [2.45, 2.75) is 13.0 Å². The summed E-state index contributed by atoms with van der Waals surface area (Å²) in [7, 11) is 0. The molecule has 0 aliphatic rings. The second-order valence-electron chi connectivity index (χ2n) is 4.82. The van der Waals surface area contributed by atoms with Gasteiger partial charge >= 0.3 is 0 Å². The SMILES string of the molecule is CC(Nc1cccc(-c2ccn[nH]2)c1)c1ccc(F)cn1. The predicted octanol–water partition coefficient (Wildman–Crippen LogP) is 3.78. The van der Waals surface area contributed by atoms with Gasteiger partial charge in [-0.15, -0.1) is 0 Å². The van der Waals surface area contributed by atoms with Crippen LogP contribution in [0.2, 0.25) is 0 Å². The molecule has 0 saturated carbocycles. The average Bonchev–Trinajstić information content (AvgIpc) is 3.02. The number of aromatic nitrogens is 3. The van der Waals surface area contributed by atoms with Gasteiger partial charge < -0.3 is 5.32 Å². The molecule has 1 atom stereocenters. The van der Waals surface area contributed by atoms with Gasteiger partial charge in [0.1, 0.15) is 5.82 Å². The summed E-state index contributed by atoms with van der Waals surface area (Å²) >= 11 is 0. The van der Waals surface area contributed by atoms with E-state index in [2.05, 4.69) is 20.5 Å². The first kappa shape index (κ1) is 13.3. The third-order valence-corrected chi connectivity index (χ3v) is 3.25. The van der Waals surface area contributed by atoms with E-state index in [4.69, 9.17) is 0 Å². The number of hydrogen-bond acceptors (Lipinski definition) is 3. The quantitative estimate of drug-likeness (QED) is 0.765. The van der Waals surface area contributed by atoms with Crippen LogP contribution in [0.1, 0.15) is 18.7 Å². The third-order valence-electron chi connectivity index (χ3n) is 3.25. The van der Waals surface area contributed by atoms with Crippen molar-refractivity contribution in [3.63, 3.8) is 0 Å². The molecule has 3 aromatic rings. The minimum absolute atomic E-state index is 0.0115. The zero-order valence-corrected chi connectivity index (χ0v) is 11.5. The minimum atomic E-state index is -0.327. The highest BCUT2D eigenvalue weighted by atomic mass is 19.1. The minimum Gasteiger partial charge on any atom is -0.377 e. The van der Waals surface area contributed by atoms with Crippen LogP contribution in [0.3, 0.4) is 0 Å². The van der Waals surface area contributed by atoms with E-state index in [9.17, 15) is 4.39 Å². The molecule has 4 nitrogen and oxygen atoms in total. The van der Waals surface area contributed by atoms with Crippen LogP contribution in [-0.2, 0) is 0 Å². The summed E-state index contributed by atoms with van der Waals surface area (Å²) in [6, 6.07) is 13.0. The fraction of sp³-hybridized carbons (Fsp3) is 0.125. The van der Waals surface area contributed by atoms with E-state index in [-0.39, 0.29) is 11.9 Å². The third kappa shape index (κ3) is 3.08. The first-order chi connectivity index (χ1) is 10.2. The van der Waals surface area contributed by atoms with Crippen LogP contribution in [0.5, 0.6) is 0 Å². The lowest BCUT2D eigenvalue weighted by molar-refractivity contribution is 0.617. The Morgan fingerprint density at radius 1 is 1.19 bits per heavy atom. The summed E-state index contributed by atoms with van der Waals surface area (Å²) in [5.74, 6) is -0.327. The highest BCUT2D eigenvalue weighted by molar-refractivity contribution is 5.64. The second kappa shape index (κ2) is 5.75. The Hall–Kier alpha value is -2.69. The maximum absolute atomic E-state index is 12.9. The van der Waals surface area contributed by atoms with Crippen LogP contribution in [0.4, 0.5) is 10.1 Å². The van der Waals surface area contributed by atoms with Crippen LogP contribution in [0, 0.1) is 5.82 Å². The van der Waals surface area contributed by atoms with Crippen LogP contribution in [0.25, 0.3) is 11.3 Å². The van der Waals surface area contributed by atoms with Gasteiger partial charge in [-0.3, -0.25) is 10.1 Å². The van der Waals surface area contributed by atoms with Crippen LogP contribution in [0.15, 0.2) is 54.9 Å². The highest BCUT2D eigenvalue weighted by Gasteiger charge is 2.08. The number of benzene rings is 1. The van der Waals surface area contributed by atoms with E-state index >= 15 is 0 Å². The Morgan fingerprint density at radius 2 is 2.10 bits per heavy atom. The highest BCUT2D eigenvalue weighted by Crippen LogP contribution is 2.23. The van der Waals surface area contributed by atoms with Gasteiger partial charge in [0.2, 0.25) is 0 Å². The molecule has 106 valence electrons. The zero-order valence-electron chi connectivity index (χ0n) is 11.5. The number of rotatable bonds is 4. The summed E-state index contributed by atoms with van der Waals surface area (Å²) < 4.78 is 12.9. The van der Waals surface area contributed by atoms with Crippen molar-refractivity contribution in [3.8, 4) is 11.3 Å². The number of pyridine rings is 1. The molecular formula is C16H15FN4. The van der Waals surface area contributed by atoms with E-state index in [1.165, 1.54) is 12.3 Å². The van der Waals surface area contributed by atoms with Crippen molar-refractivity contribution in [2.24, 2.45) is 0 Å². The van der Waals surface area contributed by atoms with Crippen molar-refractivity contribution in [1.29, 1.82) is 0 Å². The van der Waals surface area contributed by atoms with Crippen molar-refractivity contribution in [3.05, 3.63) is 66.4 Å². The van der Waals surface area contributed by atoms with Gasteiger partial charge in [0.15, 0.2) is 0 Å². The van der Waals surface area contributed by atoms with Gasteiger partial charge in [-0.1, -0.05) is 12.1 Å². The molecule has 0 fully saturated rings. The molecule has 0 aliphatic heterocycles. The largest absolute Gasteiger partial charge is 0.377 e. The van der Waals surface area contributed by atoms with E-state index in [1.807, 2.05) is 37.3 Å². The average molecular weight is 282 g/mol. The summed E-state index contributed by atoms with van der Waals surface area (Å²) in [5, 5.41) is 10.3. The Labute approximate surface area is 122 Å². The zero-order chi connectivity index (χ0) is 14.7. The van der Waals surface area contributed by atoms with E-state index in [1.54, 1.807) is 12.3 Å². The maximum Gasteiger partial charge on any atom is 0.141 e. The molecule has 0 saturated heterocycles. The molecule has 2 aromatic heterocycles. The Balaban J connectivity index is 1.78. The molecule has 5 heteroatoms. The molecule has 0 amide bonds. The van der Waals surface area contributed by atoms with Gasteiger partial charge in [0, 0.05) is 17.4 Å². The molecule has 0 radical (unpaired) electrons. The first-order valence-corrected chi connectivity index (χ1v) is 6.70. The van der Waals surface area contributed by atoms with Gasteiger partial charge in [-0.2, -0.15) is 5.10 Å². The van der Waals surface area contributed by atoms with E-state index in [0.29, 0.717) is 0 Å². The number of aromatic amines is 1. The van der Waals surface area contributed by atoms with E-state index < -0.39 is 0 Å². The topological polar surface area (TPSA) is 53.6 Å². The molecule has 0 bridgehead atoms. The summed E-state index contributed by atoms with van der Waals surface area (Å²) in [5.41, 5.74) is 3.78. The Morgan fingerprint density at radius 3 is 2.81 bits per heavy atom. The number of H-pyrrole nitrogens is 1. The van der Waals surface area contributed by atoms with Crippen molar-refractivity contribution in [2.75, 3.05) is 5.32 Å². The molecule has 1 aromatic carbocycles. The molecule has 3 rings (SSSR count). The molecular weight excluding hydrogens is 267 g/mol. The van der Waals surface area contributed by atoms with Gasteiger partial charge in [0.05, 0.1) is 23.6 Å².